The molecule has 0 unspecified atom stereocenters. The van der Waals surface area contributed by atoms with Crippen LogP contribution >= 0.6 is 0 Å². The maximum atomic E-state index is 4.26. The average molecular weight is 132 g/mol. The van der Waals surface area contributed by atoms with E-state index in [-0.39, 0.29) is 0 Å². The van der Waals surface area contributed by atoms with Gasteiger partial charge in [0, 0.05) is 6.20 Å². The summed E-state index contributed by atoms with van der Waals surface area (Å²) in [4.78, 5) is 0. The Labute approximate surface area is 61.1 Å². The van der Waals surface area contributed by atoms with E-state index in [4.69, 9.17) is 0 Å². The number of allylic oxidation sites excluding steroid dienone is 4. The van der Waals surface area contributed by atoms with Gasteiger partial charge in [0.05, 0.1) is 5.70 Å². The smallest absolute Gasteiger partial charge is 0.0621 e. The predicted molar refractivity (Wildman–Crippen MR) is 41.3 cm³/mol. The van der Waals surface area contributed by atoms with Crippen LogP contribution in [0.3, 0.4) is 0 Å². The average Bonchev–Trinajstić information content (AvgIpc) is 2.05. The van der Waals surface area contributed by atoms with Gasteiger partial charge in [0.25, 0.3) is 0 Å². The minimum Gasteiger partial charge on any atom is -0.257 e. The fourth-order valence-corrected chi connectivity index (χ4v) is 1.35. The molecule has 1 radical (unpaired) electrons. The van der Waals surface area contributed by atoms with Crippen LogP contribution in [0.5, 0.6) is 0 Å². The molecular formula is C9H10N. The van der Waals surface area contributed by atoms with Crippen molar-refractivity contribution in [3.8, 4) is 0 Å². The lowest BCUT2D eigenvalue weighted by molar-refractivity contribution is 0.883. The van der Waals surface area contributed by atoms with E-state index in [0.29, 0.717) is 0 Å². The van der Waals surface area contributed by atoms with Crippen molar-refractivity contribution < 1.29 is 0 Å². The molecule has 0 aromatic carbocycles. The summed E-state index contributed by atoms with van der Waals surface area (Å²) in [5.74, 6) is 0. The van der Waals surface area contributed by atoms with E-state index in [9.17, 15) is 0 Å². The van der Waals surface area contributed by atoms with Crippen LogP contribution in [-0.4, -0.2) is 0 Å². The molecule has 0 N–H and O–H groups in total. The summed E-state index contributed by atoms with van der Waals surface area (Å²) >= 11 is 0. The zero-order chi connectivity index (χ0) is 6.81. The summed E-state index contributed by atoms with van der Waals surface area (Å²) in [5.41, 5.74) is 2.61. The lowest BCUT2D eigenvalue weighted by Gasteiger charge is -2.15. The second-order valence-corrected chi connectivity index (χ2v) is 2.61. The Morgan fingerprint density at radius 1 is 1.20 bits per heavy atom. The minimum absolute atomic E-state index is 1.08. The Morgan fingerprint density at radius 2 is 2.10 bits per heavy atom. The Morgan fingerprint density at radius 3 is 3.00 bits per heavy atom. The second-order valence-electron chi connectivity index (χ2n) is 2.61. The van der Waals surface area contributed by atoms with E-state index in [1.54, 1.807) is 0 Å². The number of fused-ring (bicyclic) bond motifs is 1. The molecule has 1 heterocycles. The van der Waals surface area contributed by atoms with E-state index in [1.807, 2.05) is 6.20 Å². The van der Waals surface area contributed by atoms with Crippen LogP contribution < -0.4 is 5.32 Å². The predicted octanol–water partition coefficient (Wildman–Crippen LogP) is 2.11. The van der Waals surface area contributed by atoms with Crippen molar-refractivity contribution in [1.29, 1.82) is 0 Å². The molecule has 0 amide bonds. The largest absolute Gasteiger partial charge is 0.257 e. The quantitative estimate of drug-likeness (QED) is 0.479. The maximum Gasteiger partial charge on any atom is 0.0621 e. The third-order valence-corrected chi connectivity index (χ3v) is 1.88. The van der Waals surface area contributed by atoms with E-state index in [2.05, 4.69) is 23.5 Å². The molecule has 0 fully saturated rings. The van der Waals surface area contributed by atoms with Crippen molar-refractivity contribution in [2.45, 2.75) is 19.3 Å². The molecule has 0 saturated carbocycles. The van der Waals surface area contributed by atoms with Gasteiger partial charge in [-0.25, -0.2) is 0 Å². The van der Waals surface area contributed by atoms with Gasteiger partial charge in [-0.1, -0.05) is 18.2 Å². The molecule has 1 heteroatoms. The van der Waals surface area contributed by atoms with Crippen molar-refractivity contribution in [3.63, 3.8) is 0 Å². The molecule has 1 aliphatic carbocycles. The molecule has 51 valence electrons. The summed E-state index contributed by atoms with van der Waals surface area (Å²) in [6, 6.07) is 0. The van der Waals surface area contributed by atoms with E-state index in [1.165, 1.54) is 17.7 Å². The van der Waals surface area contributed by atoms with Crippen molar-refractivity contribution in [3.05, 3.63) is 35.7 Å². The summed E-state index contributed by atoms with van der Waals surface area (Å²) < 4.78 is 0. The monoisotopic (exact) mass is 132 g/mol. The molecule has 0 spiro atoms. The molecule has 0 aromatic heterocycles. The minimum atomic E-state index is 1.08. The van der Waals surface area contributed by atoms with Gasteiger partial charge in [-0.3, -0.25) is 5.32 Å². The SMILES string of the molecule is C1=C[N]C2=CCCC=C2C1. The lowest BCUT2D eigenvalue weighted by atomic mass is 9.99. The molecule has 0 saturated heterocycles. The third kappa shape index (κ3) is 0.878. The summed E-state index contributed by atoms with van der Waals surface area (Å²) in [6.07, 6.45) is 12.0. The molecule has 1 aliphatic heterocycles. The Hall–Kier alpha value is -0.980. The Balaban J connectivity index is 2.30. The Kier molecular flexibility index (Phi) is 1.35. The molecule has 2 rings (SSSR count). The standard InChI is InChI=1S/C9H10N/c1-2-6-9-8(4-1)5-3-7-10-9/h3-4,6-7H,1-2,5H2. The fraction of sp³-hybridized carbons (Fsp3) is 0.333. The number of nitrogens with zero attached hydrogens (tertiary/aromatic N) is 1. The van der Waals surface area contributed by atoms with Gasteiger partial charge in [-0.2, -0.15) is 0 Å². The first kappa shape index (κ1) is 5.78. The highest BCUT2D eigenvalue weighted by Crippen LogP contribution is 2.23. The van der Waals surface area contributed by atoms with Crippen LogP contribution in [0.25, 0.3) is 0 Å². The van der Waals surface area contributed by atoms with Gasteiger partial charge in [0.15, 0.2) is 0 Å². The maximum absolute atomic E-state index is 4.26. The molecular weight excluding hydrogens is 122 g/mol. The van der Waals surface area contributed by atoms with E-state index >= 15 is 0 Å². The summed E-state index contributed by atoms with van der Waals surface area (Å²) in [7, 11) is 0. The first-order valence-electron chi connectivity index (χ1n) is 3.72. The van der Waals surface area contributed by atoms with Crippen LogP contribution in [0.15, 0.2) is 35.7 Å². The fourth-order valence-electron chi connectivity index (χ4n) is 1.35. The van der Waals surface area contributed by atoms with Crippen molar-refractivity contribution in [2.75, 3.05) is 0 Å². The lowest BCUT2D eigenvalue weighted by Crippen LogP contribution is -2.07. The summed E-state index contributed by atoms with van der Waals surface area (Å²) in [5, 5.41) is 4.26. The topological polar surface area (TPSA) is 14.1 Å². The van der Waals surface area contributed by atoms with Crippen LogP contribution in [-0.2, 0) is 0 Å². The zero-order valence-electron chi connectivity index (χ0n) is 5.88. The molecule has 0 atom stereocenters. The zero-order valence-corrected chi connectivity index (χ0v) is 5.88. The first-order chi connectivity index (χ1) is 4.97. The molecule has 2 aliphatic rings. The van der Waals surface area contributed by atoms with Crippen molar-refractivity contribution >= 4 is 0 Å². The van der Waals surface area contributed by atoms with E-state index in [0.717, 1.165) is 12.8 Å². The van der Waals surface area contributed by atoms with E-state index < -0.39 is 0 Å². The van der Waals surface area contributed by atoms with Crippen LogP contribution in [0.2, 0.25) is 0 Å². The molecule has 1 nitrogen and oxygen atoms in total. The van der Waals surface area contributed by atoms with Gasteiger partial charge in [-0.15, -0.1) is 0 Å². The number of hydrogen-bond acceptors (Lipinski definition) is 0. The highest BCUT2D eigenvalue weighted by Gasteiger charge is 2.09. The van der Waals surface area contributed by atoms with Crippen molar-refractivity contribution in [2.24, 2.45) is 0 Å². The highest BCUT2D eigenvalue weighted by molar-refractivity contribution is 5.37. The van der Waals surface area contributed by atoms with Gasteiger partial charge in [0.2, 0.25) is 0 Å². The summed E-state index contributed by atoms with van der Waals surface area (Å²) in [6.45, 7) is 0. The van der Waals surface area contributed by atoms with Gasteiger partial charge in [-0.05, 0) is 24.8 Å². The number of hydrogen-bond donors (Lipinski definition) is 0. The van der Waals surface area contributed by atoms with Crippen LogP contribution in [0, 0.1) is 0 Å². The van der Waals surface area contributed by atoms with Gasteiger partial charge in [0.1, 0.15) is 0 Å². The Bertz CT molecular complexity index is 197. The normalized spacial score (nSPS) is 22.4. The molecule has 10 heavy (non-hydrogen) atoms. The number of rotatable bonds is 0. The van der Waals surface area contributed by atoms with Gasteiger partial charge < -0.3 is 0 Å². The molecule has 0 bridgehead atoms. The molecule has 0 aromatic rings. The van der Waals surface area contributed by atoms with Gasteiger partial charge >= 0.3 is 0 Å². The second kappa shape index (κ2) is 2.33. The van der Waals surface area contributed by atoms with Crippen LogP contribution in [0.1, 0.15) is 19.3 Å². The first-order valence-corrected chi connectivity index (χ1v) is 3.72. The van der Waals surface area contributed by atoms with Crippen molar-refractivity contribution in [1.82, 2.24) is 5.32 Å². The van der Waals surface area contributed by atoms with Crippen LogP contribution in [0.4, 0.5) is 0 Å². The highest BCUT2D eigenvalue weighted by atomic mass is 14.9. The third-order valence-electron chi connectivity index (χ3n) is 1.88.